The van der Waals surface area contributed by atoms with Gasteiger partial charge in [-0.2, -0.15) is 5.10 Å². The maximum absolute atomic E-state index is 13.0. The van der Waals surface area contributed by atoms with Crippen LogP contribution in [0.15, 0.2) is 84.9 Å². The van der Waals surface area contributed by atoms with Gasteiger partial charge in [-0.25, -0.2) is 9.48 Å². The Morgan fingerprint density at radius 1 is 0.907 bits per heavy atom. The van der Waals surface area contributed by atoms with Gasteiger partial charge in [0.15, 0.2) is 0 Å². The average molecular weight is 578 g/mol. The van der Waals surface area contributed by atoms with Crippen molar-refractivity contribution in [3.8, 4) is 5.69 Å². The quantitative estimate of drug-likeness (QED) is 0.236. The van der Waals surface area contributed by atoms with Crippen LogP contribution in [0, 0.1) is 12.8 Å². The third-order valence-corrected chi connectivity index (χ3v) is 8.33. The highest BCUT2D eigenvalue weighted by atomic mass is 16.2. The normalized spacial score (nSPS) is 14.8. The van der Waals surface area contributed by atoms with Crippen LogP contribution in [0.4, 0.5) is 16.3 Å². The first-order valence-electron chi connectivity index (χ1n) is 15.2. The lowest BCUT2D eigenvalue weighted by molar-refractivity contribution is -0.133. The van der Waals surface area contributed by atoms with Crippen molar-refractivity contribution in [3.63, 3.8) is 0 Å². The van der Waals surface area contributed by atoms with E-state index in [1.54, 1.807) is 4.68 Å². The number of urea groups is 1. The summed E-state index contributed by atoms with van der Waals surface area (Å²) in [6.45, 7) is 12.0. The largest absolute Gasteiger partial charge is 0.342 e. The van der Waals surface area contributed by atoms with Gasteiger partial charge < -0.3 is 10.2 Å². The van der Waals surface area contributed by atoms with Crippen LogP contribution in [0.1, 0.15) is 68.8 Å². The summed E-state index contributed by atoms with van der Waals surface area (Å²) < 4.78 is 1.78. The average Bonchev–Trinajstić information content (AvgIpc) is 3.43. The molecular weight excluding hydrogens is 534 g/mol. The predicted molar refractivity (Wildman–Crippen MR) is 174 cm³/mol. The summed E-state index contributed by atoms with van der Waals surface area (Å²) >= 11 is 0. The van der Waals surface area contributed by atoms with E-state index >= 15 is 0 Å². The van der Waals surface area contributed by atoms with Gasteiger partial charge in [0.1, 0.15) is 5.82 Å². The minimum absolute atomic E-state index is 0.112. The van der Waals surface area contributed by atoms with E-state index < -0.39 is 0 Å². The van der Waals surface area contributed by atoms with Crippen LogP contribution in [0.5, 0.6) is 0 Å². The maximum Gasteiger partial charge on any atom is 0.324 e. The maximum atomic E-state index is 13.0. The molecule has 4 aromatic rings. The van der Waals surface area contributed by atoms with Crippen LogP contribution in [-0.2, 0) is 16.6 Å². The molecule has 1 atom stereocenters. The Bertz CT molecular complexity index is 1530. The molecule has 2 heterocycles. The number of piperidine rings is 1. The molecule has 0 unspecified atom stereocenters. The molecule has 3 aromatic carbocycles. The van der Waals surface area contributed by atoms with Crippen LogP contribution in [0.2, 0.25) is 0 Å². The fraction of sp³-hybridized carbons (Fsp3) is 0.361. The van der Waals surface area contributed by atoms with Gasteiger partial charge in [0.2, 0.25) is 5.91 Å². The zero-order valence-corrected chi connectivity index (χ0v) is 25.9. The molecule has 1 aromatic heterocycles. The lowest BCUT2D eigenvalue weighted by Crippen LogP contribution is -2.40. The van der Waals surface area contributed by atoms with Gasteiger partial charge in [-0.3, -0.25) is 10.1 Å². The lowest BCUT2D eigenvalue weighted by atomic mass is 9.89. The fourth-order valence-electron chi connectivity index (χ4n) is 5.57. The summed E-state index contributed by atoms with van der Waals surface area (Å²) in [5, 5.41) is 10.8. The van der Waals surface area contributed by atoms with Crippen molar-refractivity contribution >= 4 is 23.4 Å². The number of hydrogen-bond acceptors (Lipinski definition) is 3. The van der Waals surface area contributed by atoms with Crippen molar-refractivity contribution < 1.29 is 9.59 Å². The standard InChI is InChI=1S/C36H43N5O2/c1-25-11-17-31(18-12-25)41-33(24-32(39-41)36(3,4)5)38-35(43)37-30-15-13-27(14-16-30)23-28-19-21-40(22-20-28)34(42)26(2)29-9-7-6-8-10-29/h6-18,24,26,28H,19-23H2,1-5H3,(H2,37,38,43)/t26-/m0/s1. The topological polar surface area (TPSA) is 79.3 Å². The van der Waals surface area contributed by atoms with Crippen LogP contribution in [0.25, 0.3) is 5.69 Å². The number of nitrogens with zero attached hydrogens (tertiary/aromatic N) is 3. The molecule has 2 N–H and O–H groups in total. The molecule has 0 radical (unpaired) electrons. The number of rotatable bonds is 7. The predicted octanol–water partition coefficient (Wildman–Crippen LogP) is 7.71. The number of aryl methyl sites for hydroxylation is 1. The van der Waals surface area contributed by atoms with Gasteiger partial charge in [0, 0.05) is 30.3 Å². The highest BCUT2D eigenvalue weighted by Crippen LogP contribution is 2.28. The molecule has 7 heteroatoms. The summed E-state index contributed by atoms with van der Waals surface area (Å²) in [6, 6.07) is 27.8. The lowest BCUT2D eigenvalue weighted by Gasteiger charge is -2.34. The minimum atomic E-state index is -0.316. The molecule has 1 aliphatic heterocycles. The van der Waals surface area contributed by atoms with Crippen molar-refractivity contribution in [2.24, 2.45) is 5.92 Å². The van der Waals surface area contributed by atoms with Crippen molar-refractivity contribution in [1.82, 2.24) is 14.7 Å². The van der Waals surface area contributed by atoms with E-state index in [0.717, 1.165) is 60.5 Å². The van der Waals surface area contributed by atoms with Crippen molar-refractivity contribution in [2.75, 3.05) is 23.7 Å². The van der Waals surface area contributed by atoms with Gasteiger partial charge in [-0.1, -0.05) is 80.9 Å². The Kier molecular flexibility index (Phi) is 9.00. The Morgan fingerprint density at radius 3 is 2.19 bits per heavy atom. The molecule has 0 saturated carbocycles. The summed E-state index contributed by atoms with van der Waals surface area (Å²) in [7, 11) is 0. The Morgan fingerprint density at radius 2 is 1.56 bits per heavy atom. The Hall–Kier alpha value is -4.39. The summed E-state index contributed by atoms with van der Waals surface area (Å²) in [4.78, 5) is 28.1. The van der Waals surface area contributed by atoms with Crippen molar-refractivity contribution in [3.05, 3.63) is 107 Å². The van der Waals surface area contributed by atoms with Crippen LogP contribution in [0.3, 0.4) is 0 Å². The van der Waals surface area contributed by atoms with Crippen LogP contribution in [-0.4, -0.2) is 39.7 Å². The third kappa shape index (κ3) is 7.53. The first kappa shape index (κ1) is 30.1. The smallest absolute Gasteiger partial charge is 0.324 e. The molecular formula is C36H43N5O2. The number of aromatic nitrogens is 2. The van der Waals surface area contributed by atoms with Crippen molar-refractivity contribution in [2.45, 2.75) is 65.2 Å². The first-order chi connectivity index (χ1) is 20.6. The van der Waals surface area contributed by atoms with E-state index in [4.69, 9.17) is 5.10 Å². The number of benzene rings is 3. The number of hydrogen-bond donors (Lipinski definition) is 2. The first-order valence-corrected chi connectivity index (χ1v) is 15.2. The number of amides is 3. The van der Waals surface area contributed by atoms with E-state index in [9.17, 15) is 9.59 Å². The zero-order chi connectivity index (χ0) is 30.6. The number of anilines is 2. The van der Waals surface area contributed by atoms with E-state index in [0.29, 0.717) is 11.7 Å². The Labute approximate surface area is 255 Å². The molecule has 43 heavy (non-hydrogen) atoms. The molecule has 224 valence electrons. The van der Waals surface area contributed by atoms with Crippen LogP contribution >= 0.6 is 0 Å². The van der Waals surface area contributed by atoms with Gasteiger partial charge in [0.05, 0.1) is 17.3 Å². The Balaban J connectivity index is 1.15. The number of nitrogens with one attached hydrogen (secondary N) is 2. The number of carbonyl (C=O) groups excluding carboxylic acids is 2. The van der Waals surface area contributed by atoms with E-state index in [1.165, 1.54) is 5.56 Å². The minimum Gasteiger partial charge on any atom is -0.342 e. The molecule has 1 fully saturated rings. The van der Waals surface area contributed by atoms with Gasteiger partial charge in [-0.05, 0) is 74.4 Å². The van der Waals surface area contributed by atoms with E-state index in [2.05, 4.69) is 43.5 Å². The second kappa shape index (κ2) is 12.9. The monoisotopic (exact) mass is 577 g/mol. The summed E-state index contributed by atoms with van der Waals surface area (Å²) in [5.41, 5.74) is 5.83. The highest BCUT2D eigenvalue weighted by molar-refractivity contribution is 5.99. The van der Waals surface area contributed by atoms with E-state index in [1.807, 2.05) is 91.5 Å². The number of carbonyl (C=O) groups is 2. The molecule has 0 aliphatic carbocycles. The fourth-order valence-corrected chi connectivity index (χ4v) is 5.57. The third-order valence-electron chi connectivity index (χ3n) is 8.33. The molecule has 1 saturated heterocycles. The number of likely N-dealkylation sites (tertiary alicyclic amines) is 1. The molecule has 7 nitrogen and oxygen atoms in total. The van der Waals surface area contributed by atoms with Crippen LogP contribution < -0.4 is 10.6 Å². The van der Waals surface area contributed by atoms with Gasteiger partial charge in [-0.15, -0.1) is 0 Å². The zero-order valence-electron chi connectivity index (χ0n) is 25.9. The van der Waals surface area contributed by atoms with Gasteiger partial charge in [0.25, 0.3) is 0 Å². The van der Waals surface area contributed by atoms with E-state index in [-0.39, 0.29) is 23.3 Å². The highest BCUT2D eigenvalue weighted by Gasteiger charge is 2.27. The molecule has 0 bridgehead atoms. The second-order valence-corrected chi connectivity index (χ2v) is 12.8. The molecule has 0 spiro atoms. The molecule has 5 rings (SSSR count). The second-order valence-electron chi connectivity index (χ2n) is 12.8. The SMILES string of the molecule is Cc1ccc(-n2nc(C(C)(C)C)cc2NC(=O)Nc2ccc(CC3CCN(C(=O)[C@@H](C)c4ccccc4)CC3)cc2)cc1. The summed E-state index contributed by atoms with van der Waals surface area (Å²) in [5.74, 6) is 1.26. The van der Waals surface area contributed by atoms with Gasteiger partial charge >= 0.3 is 6.03 Å². The summed E-state index contributed by atoms with van der Waals surface area (Å²) in [6.07, 6.45) is 2.97. The molecule has 3 amide bonds. The molecule has 1 aliphatic rings. The van der Waals surface area contributed by atoms with Crippen molar-refractivity contribution in [1.29, 1.82) is 0 Å².